The standard InChI is InChI=1S/C22H32N4O2S.HI/c1-18-16-19(12-13-21(18)29(4,27)28)17-25-22(23-2)24-14-8-9-15-26(3)20-10-6-5-7-11-20;/h5-7,10-13,16H,8-9,14-15,17H2,1-4H3,(H2,23,24,25);1H. The number of halogens is 1. The Labute approximate surface area is 198 Å². The van der Waals surface area contributed by atoms with Crippen LogP contribution in [-0.4, -0.2) is 47.8 Å². The molecule has 2 aromatic rings. The summed E-state index contributed by atoms with van der Waals surface area (Å²) in [4.78, 5) is 6.89. The van der Waals surface area contributed by atoms with Crippen LogP contribution in [0.5, 0.6) is 0 Å². The normalized spacial score (nSPS) is 11.5. The third-order valence-electron chi connectivity index (χ3n) is 4.73. The molecule has 2 aromatic carbocycles. The van der Waals surface area contributed by atoms with E-state index in [0.717, 1.165) is 43.0 Å². The second kappa shape index (κ2) is 12.8. The van der Waals surface area contributed by atoms with Gasteiger partial charge in [-0.3, -0.25) is 4.99 Å². The number of hydrogen-bond donors (Lipinski definition) is 2. The zero-order chi connectivity index (χ0) is 21.3. The average molecular weight is 545 g/mol. The van der Waals surface area contributed by atoms with E-state index >= 15 is 0 Å². The van der Waals surface area contributed by atoms with Gasteiger partial charge in [0.05, 0.1) is 4.90 Å². The maximum atomic E-state index is 11.7. The number of aryl methyl sites for hydroxylation is 1. The lowest BCUT2D eigenvalue weighted by atomic mass is 10.1. The Balaban J connectivity index is 0.00000450. The first kappa shape index (κ1) is 26.2. The van der Waals surface area contributed by atoms with E-state index in [9.17, 15) is 8.42 Å². The summed E-state index contributed by atoms with van der Waals surface area (Å²) in [6, 6.07) is 15.8. The van der Waals surface area contributed by atoms with Gasteiger partial charge in [0.1, 0.15) is 0 Å². The number of aliphatic imine (C=N–C) groups is 1. The van der Waals surface area contributed by atoms with Gasteiger partial charge >= 0.3 is 0 Å². The van der Waals surface area contributed by atoms with E-state index in [-0.39, 0.29) is 24.0 Å². The number of anilines is 1. The van der Waals surface area contributed by atoms with E-state index in [1.165, 1.54) is 11.9 Å². The smallest absolute Gasteiger partial charge is 0.191 e. The highest BCUT2D eigenvalue weighted by atomic mass is 127. The van der Waals surface area contributed by atoms with Gasteiger partial charge in [-0.2, -0.15) is 0 Å². The molecule has 0 aromatic heterocycles. The fourth-order valence-corrected chi connectivity index (χ4v) is 4.10. The molecule has 2 rings (SSSR count). The number of hydrogen-bond acceptors (Lipinski definition) is 4. The zero-order valence-electron chi connectivity index (χ0n) is 18.2. The molecule has 0 aliphatic carbocycles. The average Bonchev–Trinajstić information content (AvgIpc) is 2.69. The Morgan fingerprint density at radius 2 is 1.77 bits per heavy atom. The van der Waals surface area contributed by atoms with Crippen LogP contribution in [0.2, 0.25) is 0 Å². The lowest BCUT2D eigenvalue weighted by Crippen LogP contribution is -2.37. The molecule has 0 fully saturated rings. The van der Waals surface area contributed by atoms with Gasteiger partial charge in [0, 0.05) is 45.7 Å². The molecule has 0 saturated heterocycles. The Morgan fingerprint density at radius 1 is 1.07 bits per heavy atom. The Bertz CT molecular complexity index is 918. The van der Waals surface area contributed by atoms with Crippen LogP contribution >= 0.6 is 24.0 Å². The fourth-order valence-electron chi connectivity index (χ4n) is 3.14. The molecule has 0 bridgehead atoms. The minimum absolute atomic E-state index is 0. The third kappa shape index (κ3) is 8.51. The number of unbranched alkanes of at least 4 members (excludes halogenated alkanes) is 1. The van der Waals surface area contributed by atoms with Crippen LogP contribution in [0, 0.1) is 6.92 Å². The molecule has 0 atom stereocenters. The van der Waals surface area contributed by atoms with E-state index in [1.807, 2.05) is 25.1 Å². The van der Waals surface area contributed by atoms with Crippen LogP contribution in [0.3, 0.4) is 0 Å². The second-order valence-corrected chi connectivity index (χ2v) is 9.17. The zero-order valence-corrected chi connectivity index (χ0v) is 21.3. The molecule has 0 aliphatic heterocycles. The number of nitrogens with zero attached hydrogens (tertiary/aromatic N) is 2. The maximum Gasteiger partial charge on any atom is 0.191 e. The minimum atomic E-state index is -3.19. The highest BCUT2D eigenvalue weighted by Gasteiger charge is 2.11. The van der Waals surface area contributed by atoms with Crippen molar-refractivity contribution in [2.24, 2.45) is 4.99 Å². The number of sulfone groups is 1. The van der Waals surface area contributed by atoms with Gasteiger partial charge in [-0.15, -0.1) is 24.0 Å². The largest absolute Gasteiger partial charge is 0.375 e. The SMILES string of the molecule is CN=C(NCCCCN(C)c1ccccc1)NCc1ccc(S(C)(=O)=O)c(C)c1.I. The van der Waals surface area contributed by atoms with Gasteiger partial charge in [-0.25, -0.2) is 8.42 Å². The Kier molecular flexibility index (Phi) is 11.2. The topological polar surface area (TPSA) is 73.8 Å². The molecule has 30 heavy (non-hydrogen) atoms. The lowest BCUT2D eigenvalue weighted by Gasteiger charge is -2.19. The van der Waals surface area contributed by atoms with Gasteiger partial charge in [0.15, 0.2) is 15.8 Å². The van der Waals surface area contributed by atoms with Crippen molar-refractivity contribution in [1.29, 1.82) is 0 Å². The van der Waals surface area contributed by atoms with Crippen molar-refractivity contribution in [3.05, 3.63) is 59.7 Å². The monoisotopic (exact) mass is 544 g/mol. The van der Waals surface area contributed by atoms with Crippen LogP contribution in [0.15, 0.2) is 58.4 Å². The molecule has 0 amide bonds. The molecule has 0 radical (unpaired) electrons. The van der Waals surface area contributed by atoms with E-state index in [2.05, 4.69) is 51.8 Å². The van der Waals surface area contributed by atoms with E-state index < -0.39 is 9.84 Å². The van der Waals surface area contributed by atoms with E-state index in [1.54, 1.807) is 13.1 Å². The van der Waals surface area contributed by atoms with Crippen LogP contribution in [0.1, 0.15) is 24.0 Å². The maximum absolute atomic E-state index is 11.7. The van der Waals surface area contributed by atoms with Crippen LogP contribution in [0.25, 0.3) is 0 Å². The van der Waals surface area contributed by atoms with Crippen molar-refractivity contribution < 1.29 is 8.42 Å². The number of guanidine groups is 1. The van der Waals surface area contributed by atoms with Crippen molar-refractivity contribution in [3.63, 3.8) is 0 Å². The molecule has 0 aliphatic rings. The molecule has 0 unspecified atom stereocenters. The Morgan fingerprint density at radius 3 is 2.37 bits per heavy atom. The highest BCUT2D eigenvalue weighted by Crippen LogP contribution is 2.16. The van der Waals surface area contributed by atoms with Gasteiger partial charge in [0.25, 0.3) is 0 Å². The summed E-state index contributed by atoms with van der Waals surface area (Å²) in [5, 5.41) is 6.60. The number of nitrogens with one attached hydrogen (secondary N) is 2. The molecular formula is C22H33IN4O2S. The van der Waals surface area contributed by atoms with Gasteiger partial charge < -0.3 is 15.5 Å². The first-order valence-corrected chi connectivity index (χ1v) is 11.7. The van der Waals surface area contributed by atoms with Crippen molar-refractivity contribution in [2.75, 3.05) is 38.3 Å². The summed E-state index contributed by atoms with van der Waals surface area (Å²) >= 11 is 0. The summed E-state index contributed by atoms with van der Waals surface area (Å²) in [7, 11) is 0.670. The molecule has 166 valence electrons. The quantitative estimate of drug-likeness (QED) is 0.219. The first-order valence-electron chi connectivity index (χ1n) is 9.81. The van der Waals surface area contributed by atoms with Gasteiger partial charge in [0.2, 0.25) is 0 Å². The third-order valence-corrected chi connectivity index (χ3v) is 5.99. The number of para-hydroxylation sites is 1. The second-order valence-electron chi connectivity index (χ2n) is 7.19. The summed E-state index contributed by atoms with van der Waals surface area (Å²) in [5.41, 5.74) is 3.01. The summed E-state index contributed by atoms with van der Waals surface area (Å²) < 4.78 is 23.4. The Hall–Kier alpha value is -1.81. The first-order chi connectivity index (χ1) is 13.8. The summed E-state index contributed by atoms with van der Waals surface area (Å²) in [6.07, 6.45) is 3.36. The summed E-state index contributed by atoms with van der Waals surface area (Å²) in [6.45, 7) is 4.25. The van der Waals surface area contributed by atoms with Crippen molar-refractivity contribution in [1.82, 2.24) is 10.6 Å². The van der Waals surface area contributed by atoms with Crippen molar-refractivity contribution in [2.45, 2.75) is 31.2 Å². The number of rotatable bonds is 9. The highest BCUT2D eigenvalue weighted by molar-refractivity contribution is 14.0. The summed E-state index contributed by atoms with van der Waals surface area (Å²) in [5.74, 6) is 0.742. The van der Waals surface area contributed by atoms with Crippen LogP contribution in [0.4, 0.5) is 5.69 Å². The van der Waals surface area contributed by atoms with Gasteiger partial charge in [-0.05, 0) is 49.1 Å². The van der Waals surface area contributed by atoms with E-state index in [4.69, 9.17) is 0 Å². The molecule has 0 spiro atoms. The van der Waals surface area contributed by atoms with E-state index in [0.29, 0.717) is 11.4 Å². The van der Waals surface area contributed by atoms with Crippen LogP contribution in [-0.2, 0) is 16.4 Å². The van der Waals surface area contributed by atoms with Crippen molar-refractivity contribution >= 4 is 45.5 Å². The predicted molar refractivity (Wildman–Crippen MR) is 137 cm³/mol. The van der Waals surface area contributed by atoms with Crippen LogP contribution < -0.4 is 15.5 Å². The van der Waals surface area contributed by atoms with Gasteiger partial charge in [-0.1, -0.05) is 30.3 Å². The van der Waals surface area contributed by atoms with Crippen molar-refractivity contribution in [3.8, 4) is 0 Å². The lowest BCUT2D eigenvalue weighted by molar-refractivity contribution is 0.601. The molecule has 2 N–H and O–H groups in total. The molecule has 6 nitrogen and oxygen atoms in total. The fraction of sp³-hybridized carbons (Fsp3) is 0.409. The predicted octanol–water partition coefficient (Wildman–Crippen LogP) is 3.60. The minimum Gasteiger partial charge on any atom is -0.375 e. The molecule has 8 heteroatoms. The molecular weight excluding hydrogens is 511 g/mol. The number of benzene rings is 2. The molecule has 0 heterocycles. The molecule has 0 saturated carbocycles.